The lowest BCUT2D eigenvalue weighted by atomic mass is 9.83. The van der Waals surface area contributed by atoms with Gasteiger partial charge in [0, 0.05) is 30.5 Å². The Morgan fingerprint density at radius 2 is 2.11 bits per heavy atom. The monoisotopic (exact) mass is 261 g/mol. The molecule has 1 heterocycles. The Morgan fingerprint density at radius 3 is 2.89 bits per heavy atom. The largest absolute Gasteiger partial charge is 0.382 e. The van der Waals surface area contributed by atoms with Gasteiger partial charge in [0.25, 0.3) is 0 Å². The van der Waals surface area contributed by atoms with Crippen molar-refractivity contribution < 1.29 is 0 Å². The van der Waals surface area contributed by atoms with E-state index in [9.17, 15) is 0 Å². The van der Waals surface area contributed by atoms with Crippen molar-refractivity contribution in [1.29, 1.82) is 0 Å². The fourth-order valence-corrected chi connectivity index (χ4v) is 2.97. The summed E-state index contributed by atoms with van der Waals surface area (Å²) in [5, 5.41) is 7.06. The molecule has 2 rings (SSSR count). The van der Waals surface area contributed by atoms with Crippen molar-refractivity contribution in [3.63, 3.8) is 0 Å². The number of aromatic nitrogens is 1. The zero-order valence-corrected chi connectivity index (χ0v) is 12.3. The minimum Gasteiger partial charge on any atom is -0.382 e. The molecule has 2 atom stereocenters. The van der Waals surface area contributed by atoms with Gasteiger partial charge in [-0.25, -0.2) is 4.98 Å². The van der Waals surface area contributed by atoms with E-state index in [0.717, 1.165) is 24.7 Å². The number of hydrogen-bond donors (Lipinski definition) is 2. The van der Waals surface area contributed by atoms with E-state index in [1.54, 1.807) is 0 Å². The van der Waals surface area contributed by atoms with Crippen LogP contribution < -0.4 is 10.6 Å². The Labute approximate surface area is 117 Å². The molecule has 0 spiro atoms. The van der Waals surface area contributed by atoms with E-state index in [0.29, 0.717) is 6.04 Å². The Morgan fingerprint density at radius 1 is 1.26 bits per heavy atom. The van der Waals surface area contributed by atoms with Gasteiger partial charge in [-0.1, -0.05) is 33.1 Å². The van der Waals surface area contributed by atoms with Gasteiger partial charge in [-0.05, 0) is 31.2 Å². The molecule has 3 nitrogen and oxygen atoms in total. The summed E-state index contributed by atoms with van der Waals surface area (Å²) < 4.78 is 0. The average Bonchev–Trinajstić information content (AvgIpc) is 2.46. The van der Waals surface area contributed by atoms with E-state index in [2.05, 4.69) is 41.6 Å². The molecule has 19 heavy (non-hydrogen) atoms. The predicted molar refractivity (Wildman–Crippen MR) is 82.7 cm³/mol. The van der Waals surface area contributed by atoms with Crippen LogP contribution >= 0.6 is 0 Å². The number of pyridine rings is 1. The Bertz CT molecular complexity index is 378. The molecule has 106 valence electrons. The summed E-state index contributed by atoms with van der Waals surface area (Å²) in [5.41, 5.74) is 1.21. The third kappa shape index (κ3) is 4.12. The molecule has 1 saturated carbocycles. The van der Waals surface area contributed by atoms with Gasteiger partial charge in [-0.3, -0.25) is 0 Å². The number of nitrogens with zero attached hydrogens (tertiary/aromatic N) is 1. The average molecular weight is 261 g/mol. The second-order valence-corrected chi connectivity index (χ2v) is 5.56. The van der Waals surface area contributed by atoms with Gasteiger partial charge in [-0.15, -0.1) is 0 Å². The van der Waals surface area contributed by atoms with Crippen molar-refractivity contribution in [2.24, 2.45) is 5.92 Å². The summed E-state index contributed by atoms with van der Waals surface area (Å²) in [4.78, 5) is 4.36. The standard InChI is InChI=1S/C16H27N3/c1-3-10-17-16-12-14(9-11-18-16)19-15-8-6-5-7-13(15)4-2/h9,11-13,15H,3-8,10H2,1-2H3,(H2,17,18,19). The second kappa shape index (κ2) is 7.37. The van der Waals surface area contributed by atoms with Gasteiger partial charge in [0.05, 0.1) is 0 Å². The van der Waals surface area contributed by atoms with Crippen molar-refractivity contribution in [2.45, 2.75) is 58.4 Å². The molecule has 0 bridgehead atoms. The van der Waals surface area contributed by atoms with E-state index >= 15 is 0 Å². The molecule has 0 radical (unpaired) electrons. The summed E-state index contributed by atoms with van der Waals surface area (Å²) >= 11 is 0. The molecular weight excluding hydrogens is 234 g/mol. The molecule has 1 aromatic heterocycles. The minimum atomic E-state index is 0.639. The van der Waals surface area contributed by atoms with Gasteiger partial charge >= 0.3 is 0 Å². The van der Waals surface area contributed by atoms with E-state index in [4.69, 9.17) is 0 Å². The van der Waals surface area contributed by atoms with Crippen LogP contribution in [-0.2, 0) is 0 Å². The molecule has 1 aliphatic rings. The lowest BCUT2D eigenvalue weighted by Crippen LogP contribution is -2.31. The number of anilines is 2. The van der Waals surface area contributed by atoms with E-state index in [1.807, 2.05) is 6.20 Å². The number of rotatable bonds is 6. The lowest BCUT2D eigenvalue weighted by Gasteiger charge is -2.32. The first-order valence-electron chi connectivity index (χ1n) is 7.80. The third-order valence-electron chi connectivity index (χ3n) is 4.10. The SMILES string of the molecule is CCCNc1cc(NC2CCCCC2CC)ccn1. The van der Waals surface area contributed by atoms with Crippen LogP contribution in [0.2, 0.25) is 0 Å². The molecule has 2 N–H and O–H groups in total. The first-order chi connectivity index (χ1) is 9.33. The van der Waals surface area contributed by atoms with Gasteiger partial charge in [-0.2, -0.15) is 0 Å². The van der Waals surface area contributed by atoms with Crippen LogP contribution in [0.4, 0.5) is 11.5 Å². The Kier molecular flexibility index (Phi) is 5.49. The predicted octanol–water partition coefficient (Wildman–Crippen LogP) is 4.28. The van der Waals surface area contributed by atoms with Crippen LogP contribution in [0, 0.1) is 5.92 Å². The summed E-state index contributed by atoms with van der Waals surface area (Å²) in [6.45, 7) is 5.46. The van der Waals surface area contributed by atoms with E-state index in [1.165, 1.54) is 37.8 Å². The quantitative estimate of drug-likeness (QED) is 0.802. The Hall–Kier alpha value is -1.25. The topological polar surface area (TPSA) is 37.0 Å². The van der Waals surface area contributed by atoms with Gasteiger partial charge in [0.15, 0.2) is 0 Å². The van der Waals surface area contributed by atoms with Gasteiger partial charge in [0.1, 0.15) is 5.82 Å². The lowest BCUT2D eigenvalue weighted by molar-refractivity contribution is 0.317. The maximum atomic E-state index is 4.36. The van der Waals surface area contributed by atoms with Crippen LogP contribution in [0.3, 0.4) is 0 Å². The highest BCUT2D eigenvalue weighted by Gasteiger charge is 2.23. The fourth-order valence-electron chi connectivity index (χ4n) is 2.97. The fraction of sp³-hybridized carbons (Fsp3) is 0.688. The molecule has 3 heteroatoms. The molecule has 1 aliphatic carbocycles. The normalized spacial score (nSPS) is 23.1. The van der Waals surface area contributed by atoms with Crippen LogP contribution in [-0.4, -0.2) is 17.6 Å². The third-order valence-corrected chi connectivity index (χ3v) is 4.10. The summed E-state index contributed by atoms with van der Waals surface area (Å²) in [6, 6.07) is 4.86. The van der Waals surface area contributed by atoms with Gasteiger partial charge in [0.2, 0.25) is 0 Å². The van der Waals surface area contributed by atoms with Crippen molar-refractivity contribution in [3.8, 4) is 0 Å². The summed E-state index contributed by atoms with van der Waals surface area (Å²) in [7, 11) is 0. The maximum absolute atomic E-state index is 4.36. The first kappa shape index (κ1) is 14.2. The van der Waals surface area contributed by atoms with Gasteiger partial charge < -0.3 is 10.6 Å². The molecular formula is C16H27N3. The molecule has 2 unspecified atom stereocenters. The number of nitrogens with one attached hydrogen (secondary N) is 2. The summed E-state index contributed by atoms with van der Waals surface area (Å²) in [6.07, 6.45) is 9.74. The van der Waals surface area contributed by atoms with Crippen molar-refractivity contribution in [1.82, 2.24) is 4.98 Å². The molecule has 1 aromatic rings. The first-order valence-corrected chi connectivity index (χ1v) is 7.80. The zero-order valence-electron chi connectivity index (χ0n) is 12.3. The van der Waals surface area contributed by atoms with Crippen LogP contribution in [0.15, 0.2) is 18.3 Å². The Balaban J connectivity index is 1.97. The highest BCUT2D eigenvalue weighted by atomic mass is 15.0. The van der Waals surface area contributed by atoms with Crippen molar-refractivity contribution >= 4 is 11.5 Å². The highest BCUT2D eigenvalue weighted by molar-refractivity contribution is 5.52. The van der Waals surface area contributed by atoms with E-state index < -0.39 is 0 Å². The minimum absolute atomic E-state index is 0.639. The summed E-state index contributed by atoms with van der Waals surface area (Å²) in [5.74, 6) is 1.81. The van der Waals surface area contributed by atoms with Crippen LogP contribution in [0.1, 0.15) is 52.4 Å². The smallest absolute Gasteiger partial charge is 0.127 e. The highest BCUT2D eigenvalue weighted by Crippen LogP contribution is 2.29. The van der Waals surface area contributed by atoms with E-state index in [-0.39, 0.29) is 0 Å². The maximum Gasteiger partial charge on any atom is 0.127 e. The van der Waals surface area contributed by atoms with Crippen molar-refractivity contribution in [2.75, 3.05) is 17.2 Å². The molecule has 1 fully saturated rings. The molecule has 0 aliphatic heterocycles. The molecule has 0 aromatic carbocycles. The van der Waals surface area contributed by atoms with Crippen LogP contribution in [0.5, 0.6) is 0 Å². The van der Waals surface area contributed by atoms with Crippen LogP contribution in [0.25, 0.3) is 0 Å². The zero-order chi connectivity index (χ0) is 13.5. The second-order valence-electron chi connectivity index (χ2n) is 5.56. The molecule has 0 saturated heterocycles. The number of hydrogen-bond acceptors (Lipinski definition) is 3. The molecule has 0 amide bonds. The van der Waals surface area contributed by atoms with Crippen molar-refractivity contribution in [3.05, 3.63) is 18.3 Å².